The van der Waals surface area contributed by atoms with E-state index in [9.17, 15) is 9.90 Å². The molecule has 1 aromatic carbocycles. The summed E-state index contributed by atoms with van der Waals surface area (Å²) in [4.78, 5) is 18.1. The van der Waals surface area contributed by atoms with Gasteiger partial charge in [0.15, 0.2) is 0 Å². The second-order valence-electron chi connectivity index (χ2n) is 5.89. The summed E-state index contributed by atoms with van der Waals surface area (Å²) < 4.78 is 0. The first-order valence-electron chi connectivity index (χ1n) is 7.87. The Morgan fingerprint density at radius 1 is 1.35 bits per heavy atom. The molecule has 5 nitrogen and oxygen atoms in total. The Bertz CT molecular complexity index is 669. The van der Waals surface area contributed by atoms with Crippen molar-refractivity contribution in [1.82, 2.24) is 9.88 Å². The van der Waals surface area contributed by atoms with Gasteiger partial charge >= 0.3 is 0 Å². The van der Waals surface area contributed by atoms with Crippen LogP contribution in [-0.2, 0) is 6.54 Å². The number of nitrogens with two attached hydrogens (primary N) is 1. The molecule has 1 aromatic heterocycles. The average molecular weight is 331 g/mol. The van der Waals surface area contributed by atoms with Gasteiger partial charge in [0, 0.05) is 29.1 Å². The lowest BCUT2D eigenvalue weighted by molar-refractivity contribution is 0.0832. The van der Waals surface area contributed by atoms with Crippen molar-refractivity contribution in [2.45, 2.75) is 31.8 Å². The molecule has 0 aliphatic carbocycles. The van der Waals surface area contributed by atoms with Crippen LogP contribution < -0.4 is 5.73 Å². The molecule has 0 spiro atoms. The van der Waals surface area contributed by atoms with Crippen molar-refractivity contribution in [1.29, 1.82) is 0 Å². The lowest BCUT2D eigenvalue weighted by atomic mass is 10.0. The van der Waals surface area contributed by atoms with Crippen LogP contribution in [0.25, 0.3) is 10.6 Å². The van der Waals surface area contributed by atoms with Crippen molar-refractivity contribution in [2.24, 2.45) is 5.73 Å². The van der Waals surface area contributed by atoms with Crippen LogP contribution in [0.2, 0.25) is 0 Å². The number of nitrogens with zero attached hydrogens (tertiary/aromatic N) is 2. The van der Waals surface area contributed by atoms with Crippen molar-refractivity contribution in [3.63, 3.8) is 0 Å². The Balaban J connectivity index is 1.71. The average Bonchev–Trinajstić information content (AvgIpc) is 3.04. The lowest BCUT2D eigenvalue weighted by Gasteiger charge is -2.33. The first-order chi connectivity index (χ1) is 11.2. The van der Waals surface area contributed by atoms with Gasteiger partial charge in [-0.05, 0) is 31.5 Å². The number of benzene rings is 1. The van der Waals surface area contributed by atoms with Crippen LogP contribution in [0.15, 0.2) is 29.6 Å². The fraction of sp³-hybridized carbons (Fsp3) is 0.412. The molecule has 1 saturated heterocycles. The van der Waals surface area contributed by atoms with E-state index < -0.39 is 5.91 Å². The molecule has 0 saturated carbocycles. The molecular weight excluding hydrogens is 310 g/mol. The summed E-state index contributed by atoms with van der Waals surface area (Å²) in [5.74, 6) is -0.420. The van der Waals surface area contributed by atoms with Crippen molar-refractivity contribution in [2.75, 3.05) is 13.2 Å². The number of hydrogen-bond acceptors (Lipinski definition) is 5. The summed E-state index contributed by atoms with van der Waals surface area (Å²) in [6.45, 7) is 2.01. The topological polar surface area (TPSA) is 79.5 Å². The molecule has 6 heteroatoms. The smallest absolute Gasteiger partial charge is 0.248 e. The number of aromatic nitrogens is 1. The zero-order valence-electron chi connectivity index (χ0n) is 12.9. The third-order valence-electron chi connectivity index (χ3n) is 4.29. The van der Waals surface area contributed by atoms with Crippen molar-refractivity contribution in [3.8, 4) is 10.6 Å². The van der Waals surface area contributed by atoms with E-state index in [1.54, 1.807) is 23.5 Å². The number of piperidine rings is 1. The maximum atomic E-state index is 11.1. The molecule has 1 aliphatic heterocycles. The summed E-state index contributed by atoms with van der Waals surface area (Å²) in [5.41, 5.74) is 7.78. The van der Waals surface area contributed by atoms with Crippen LogP contribution >= 0.6 is 11.3 Å². The molecule has 2 aromatic rings. The minimum Gasteiger partial charge on any atom is -0.395 e. The van der Waals surface area contributed by atoms with E-state index in [0.29, 0.717) is 5.56 Å². The largest absolute Gasteiger partial charge is 0.395 e. The van der Waals surface area contributed by atoms with Gasteiger partial charge in [0.2, 0.25) is 5.91 Å². The number of amides is 1. The number of aliphatic hydroxyl groups excluding tert-OH is 1. The number of carbonyl (C=O) groups is 1. The lowest BCUT2D eigenvalue weighted by Crippen LogP contribution is -2.41. The van der Waals surface area contributed by atoms with Gasteiger partial charge in [-0.15, -0.1) is 11.3 Å². The molecule has 122 valence electrons. The number of hydrogen-bond donors (Lipinski definition) is 2. The zero-order chi connectivity index (χ0) is 16.2. The highest BCUT2D eigenvalue weighted by Crippen LogP contribution is 2.26. The third kappa shape index (κ3) is 3.77. The molecule has 3 N–H and O–H groups in total. The van der Waals surface area contributed by atoms with E-state index in [2.05, 4.69) is 10.3 Å². The van der Waals surface area contributed by atoms with Crippen molar-refractivity contribution < 1.29 is 9.90 Å². The number of carbonyl (C=O) groups excluding carboxylic acids is 1. The summed E-state index contributed by atoms with van der Waals surface area (Å²) in [7, 11) is 0. The van der Waals surface area contributed by atoms with E-state index in [4.69, 9.17) is 10.7 Å². The van der Waals surface area contributed by atoms with Crippen molar-refractivity contribution >= 4 is 17.2 Å². The maximum absolute atomic E-state index is 11.1. The summed E-state index contributed by atoms with van der Waals surface area (Å²) in [6.07, 6.45) is 3.43. The van der Waals surface area contributed by atoms with Gasteiger partial charge in [-0.25, -0.2) is 4.98 Å². The quantitative estimate of drug-likeness (QED) is 0.881. The fourth-order valence-corrected chi connectivity index (χ4v) is 3.79. The van der Waals surface area contributed by atoms with Crippen LogP contribution in [-0.4, -0.2) is 40.1 Å². The van der Waals surface area contributed by atoms with Gasteiger partial charge in [0.25, 0.3) is 0 Å². The predicted molar refractivity (Wildman–Crippen MR) is 91.2 cm³/mol. The molecule has 23 heavy (non-hydrogen) atoms. The molecule has 1 unspecified atom stereocenters. The van der Waals surface area contributed by atoms with Crippen molar-refractivity contribution in [3.05, 3.63) is 40.9 Å². The van der Waals surface area contributed by atoms with Gasteiger partial charge in [-0.3, -0.25) is 9.69 Å². The second-order valence-corrected chi connectivity index (χ2v) is 6.75. The Morgan fingerprint density at radius 2 is 2.13 bits per heavy atom. The highest BCUT2D eigenvalue weighted by Gasteiger charge is 2.22. The van der Waals surface area contributed by atoms with Crippen LogP contribution in [0.3, 0.4) is 0 Å². The Labute approximate surface area is 139 Å². The number of likely N-dealkylation sites (tertiary alicyclic amines) is 1. The van der Waals surface area contributed by atoms with Gasteiger partial charge in [0.1, 0.15) is 5.01 Å². The molecule has 1 amide bonds. The van der Waals surface area contributed by atoms with Gasteiger partial charge in [0.05, 0.1) is 12.3 Å². The van der Waals surface area contributed by atoms with Crippen LogP contribution in [0.5, 0.6) is 0 Å². The monoisotopic (exact) mass is 331 g/mol. The number of thiazole rings is 1. The van der Waals surface area contributed by atoms with E-state index in [-0.39, 0.29) is 12.6 Å². The Hall–Kier alpha value is -1.76. The second kappa shape index (κ2) is 7.21. The summed E-state index contributed by atoms with van der Waals surface area (Å²) >= 11 is 1.60. The predicted octanol–water partition coefficient (Wildman–Crippen LogP) is 2.26. The van der Waals surface area contributed by atoms with E-state index in [1.807, 2.05) is 12.1 Å². The van der Waals surface area contributed by atoms with E-state index in [1.165, 1.54) is 12.8 Å². The number of primary amides is 1. The SMILES string of the molecule is NC(=O)c1ccc(-c2nc(CN3CCCCC3CO)cs2)cc1. The van der Waals surface area contributed by atoms with Gasteiger partial charge < -0.3 is 10.8 Å². The van der Waals surface area contributed by atoms with Crippen LogP contribution in [0.1, 0.15) is 35.3 Å². The zero-order valence-corrected chi connectivity index (χ0v) is 13.8. The maximum Gasteiger partial charge on any atom is 0.248 e. The number of aliphatic hydroxyl groups is 1. The molecular formula is C17H21N3O2S. The van der Waals surface area contributed by atoms with E-state index >= 15 is 0 Å². The Kier molecular flexibility index (Phi) is 5.05. The summed E-state index contributed by atoms with van der Waals surface area (Å²) in [5, 5.41) is 12.5. The Morgan fingerprint density at radius 3 is 2.83 bits per heavy atom. The van der Waals surface area contributed by atoms with Crippen LogP contribution in [0.4, 0.5) is 0 Å². The molecule has 1 aliphatic rings. The minimum atomic E-state index is -0.420. The molecule has 2 heterocycles. The molecule has 1 fully saturated rings. The van der Waals surface area contributed by atoms with Gasteiger partial charge in [-0.1, -0.05) is 18.6 Å². The first-order valence-corrected chi connectivity index (χ1v) is 8.75. The number of rotatable bonds is 5. The minimum absolute atomic E-state index is 0.214. The summed E-state index contributed by atoms with van der Waals surface area (Å²) in [6, 6.07) is 7.46. The highest BCUT2D eigenvalue weighted by atomic mass is 32.1. The third-order valence-corrected chi connectivity index (χ3v) is 5.23. The van der Waals surface area contributed by atoms with Gasteiger partial charge in [-0.2, -0.15) is 0 Å². The standard InChI is InChI=1S/C17H21N3O2S/c18-16(22)12-4-6-13(7-5-12)17-19-14(11-23-17)9-20-8-2-1-3-15(20)10-21/h4-7,11,15,21H,1-3,8-10H2,(H2,18,22). The van der Waals surface area contributed by atoms with E-state index in [0.717, 1.165) is 35.8 Å². The first kappa shape index (κ1) is 16.1. The normalized spacial score (nSPS) is 18.9. The fourth-order valence-electron chi connectivity index (χ4n) is 2.97. The van der Waals surface area contributed by atoms with Crippen LogP contribution in [0, 0.1) is 0 Å². The molecule has 0 bridgehead atoms. The molecule has 3 rings (SSSR count). The highest BCUT2D eigenvalue weighted by molar-refractivity contribution is 7.13. The molecule has 1 atom stereocenters. The molecule has 0 radical (unpaired) electrons.